The van der Waals surface area contributed by atoms with E-state index in [0.717, 1.165) is 0 Å². The molecule has 0 radical (unpaired) electrons. The fourth-order valence-corrected chi connectivity index (χ4v) is 1.57. The van der Waals surface area contributed by atoms with E-state index in [1.165, 1.54) is 12.3 Å². The van der Waals surface area contributed by atoms with Crippen molar-refractivity contribution in [2.45, 2.75) is 20.3 Å². The van der Waals surface area contributed by atoms with Gasteiger partial charge in [0.25, 0.3) is 0 Å². The first-order chi connectivity index (χ1) is 9.58. The van der Waals surface area contributed by atoms with Gasteiger partial charge in [-0.1, -0.05) is 0 Å². The average molecular weight is 280 g/mol. The first-order valence-electron chi connectivity index (χ1n) is 6.51. The number of amides is 1. The first-order valence-corrected chi connectivity index (χ1v) is 6.51. The molecule has 0 aliphatic rings. The lowest BCUT2D eigenvalue weighted by Crippen LogP contribution is -2.25. The summed E-state index contributed by atoms with van der Waals surface area (Å²) in [5.41, 5.74) is 6.26. The number of ether oxygens (including phenoxy) is 1. The molecule has 1 aromatic rings. The molecule has 0 fully saturated rings. The Kier molecular flexibility index (Phi) is 6.28. The summed E-state index contributed by atoms with van der Waals surface area (Å²) in [5.74, 6) is -0.192. The summed E-state index contributed by atoms with van der Waals surface area (Å²) in [7, 11) is 0. The average Bonchev–Trinajstić information content (AvgIpc) is 2.41. The largest absolute Gasteiger partial charge is 0.462 e. The number of nitrogens with two attached hydrogens (primary N) is 1. The molecular weight excluding hydrogens is 260 g/mol. The van der Waals surface area contributed by atoms with Crippen molar-refractivity contribution < 1.29 is 14.3 Å². The highest BCUT2D eigenvalue weighted by atomic mass is 16.5. The number of nitrogens with one attached hydrogen (secondary N) is 2. The molecule has 110 valence electrons. The van der Waals surface area contributed by atoms with Crippen LogP contribution in [0, 0.1) is 0 Å². The monoisotopic (exact) mass is 280 g/mol. The zero-order valence-electron chi connectivity index (χ0n) is 11.7. The number of anilines is 2. The summed E-state index contributed by atoms with van der Waals surface area (Å²) in [6, 6.07) is 1.50. The van der Waals surface area contributed by atoms with Crippen molar-refractivity contribution in [2.75, 3.05) is 30.7 Å². The summed E-state index contributed by atoms with van der Waals surface area (Å²) >= 11 is 0. The van der Waals surface area contributed by atoms with Crippen LogP contribution in [0.4, 0.5) is 11.5 Å². The van der Waals surface area contributed by atoms with Crippen LogP contribution in [-0.2, 0) is 9.53 Å². The molecule has 1 heterocycles. The number of aromatic nitrogens is 1. The summed E-state index contributed by atoms with van der Waals surface area (Å²) in [4.78, 5) is 27.2. The van der Waals surface area contributed by atoms with Crippen molar-refractivity contribution in [1.82, 2.24) is 10.3 Å². The highest BCUT2D eigenvalue weighted by Crippen LogP contribution is 2.16. The molecule has 0 saturated heterocycles. The molecule has 0 atom stereocenters. The molecule has 0 unspecified atom stereocenters. The maximum atomic E-state index is 11.8. The maximum absolute atomic E-state index is 11.8. The van der Waals surface area contributed by atoms with Crippen LogP contribution >= 0.6 is 0 Å². The van der Waals surface area contributed by atoms with Gasteiger partial charge < -0.3 is 21.1 Å². The van der Waals surface area contributed by atoms with Gasteiger partial charge in [-0.2, -0.15) is 0 Å². The van der Waals surface area contributed by atoms with Crippen molar-refractivity contribution in [3.05, 3.63) is 17.8 Å². The van der Waals surface area contributed by atoms with Gasteiger partial charge in [0.1, 0.15) is 11.4 Å². The summed E-state index contributed by atoms with van der Waals surface area (Å²) < 4.78 is 4.94. The molecule has 0 spiro atoms. The van der Waals surface area contributed by atoms with Crippen LogP contribution in [0.15, 0.2) is 12.3 Å². The number of carbonyl (C=O) groups excluding carboxylic acids is 2. The van der Waals surface area contributed by atoms with Crippen molar-refractivity contribution in [3.63, 3.8) is 0 Å². The lowest BCUT2D eigenvalue weighted by atomic mass is 10.2. The van der Waals surface area contributed by atoms with Crippen LogP contribution < -0.4 is 16.4 Å². The van der Waals surface area contributed by atoms with Crippen LogP contribution in [0.3, 0.4) is 0 Å². The van der Waals surface area contributed by atoms with E-state index in [0.29, 0.717) is 31.0 Å². The van der Waals surface area contributed by atoms with Gasteiger partial charge in [-0.05, 0) is 19.9 Å². The van der Waals surface area contributed by atoms with Crippen LogP contribution in [0.1, 0.15) is 30.6 Å². The molecule has 7 heteroatoms. The highest BCUT2D eigenvalue weighted by Gasteiger charge is 2.14. The molecule has 1 rings (SSSR count). The molecule has 0 aliphatic heterocycles. The summed E-state index contributed by atoms with van der Waals surface area (Å²) in [5, 5.41) is 5.63. The van der Waals surface area contributed by atoms with Crippen LogP contribution in [-0.4, -0.2) is 36.6 Å². The van der Waals surface area contributed by atoms with E-state index < -0.39 is 5.97 Å². The number of pyridine rings is 1. The van der Waals surface area contributed by atoms with Gasteiger partial charge in [0.05, 0.1) is 18.5 Å². The van der Waals surface area contributed by atoms with Gasteiger partial charge in [0.2, 0.25) is 5.91 Å². The summed E-state index contributed by atoms with van der Waals surface area (Å²) in [6.45, 7) is 4.81. The Labute approximate surface area is 117 Å². The molecule has 4 N–H and O–H groups in total. The Morgan fingerprint density at radius 2 is 2.15 bits per heavy atom. The molecule has 0 bridgehead atoms. The van der Waals surface area contributed by atoms with Gasteiger partial charge in [-0.25, -0.2) is 9.78 Å². The lowest BCUT2D eigenvalue weighted by Gasteiger charge is -2.10. The number of rotatable bonds is 7. The van der Waals surface area contributed by atoms with E-state index in [9.17, 15) is 9.59 Å². The SMILES string of the molecule is CCNC(=O)CCNc1ncc(N)cc1C(=O)OCC. The number of nitrogens with zero attached hydrogens (tertiary/aromatic N) is 1. The van der Waals surface area contributed by atoms with E-state index in [2.05, 4.69) is 15.6 Å². The Morgan fingerprint density at radius 1 is 1.40 bits per heavy atom. The number of carbonyl (C=O) groups is 2. The smallest absolute Gasteiger partial charge is 0.341 e. The summed E-state index contributed by atoms with van der Waals surface area (Å²) in [6.07, 6.45) is 1.74. The third-order valence-corrected chi connectivity index (χ3v) is 2.42. The second-order valence-corrected chi connectivity index (χ2v) is 4.02. The van der Waals surface area contributed by atoms with E-state index in [1.807, 2.05) is 6.92 Å². The molecule has 0 aliphatic carbocycles. The second-order valence-electron chi connectivity index (χ2n) is 4.02. The van der Waals surface area contributed by atoms with E-state index in [4.69, 9.17) is 10.5 Å². The minimum atomic E-state index is -0.493. The number of hydrogen-bond donors (Lipinski definition) is 3. The van der Waals surface area contributed by atoms with E-state index >= 15 is 0 Å². The number of hydrogen-bond acceptors (Lipinski definition) is 6. The normalized spacial score (nSPS) is 9.90. The van der Waals surface area contributed by atoms with Gasteiger partial charge in [-0.15, -0.1) is 0 Å². The molecule has 0 aromatic carbocycles. The highest BCUT2D eigenvalue weighted by molar-refractivity contribution is 5.95. The third-order valence-electron chi connectivity index (χ3n) is 2.42. The van der Waals surface area contributed by atoms with Crippen molar-refractivity contribution in [2.24, 2.45) is 0 Å². The Hall–Kier alpha value is -2.31. The molecule has 20 heavy (non-hydrogen) atoms. The quantitative estimate of drug-likeness (QED) is 0.637. The Balaban J connectivity index is 2.69. The fourth-order valence-electron chi connectivity index (χ4n) is 1.57. The van der Waals surface area contributed by atoms with Gasteiger partial charge in [0, 0.05) is 19.5 Å². The minimum Gasteiger partial charge on any atom is -0.462 e. The second kappa shape index (κ2) is 7.98. The predicted octanol–water partition coefficient (Wildman–Crippen LogP) is 0.779. The Morgan fingerprint density at radius 3 is 2.80 bits per heavy atom. The van der Waals surface area contributed by atoms with Gasteiger partial charge in [-0.3, -0.25) is 4.79 Å². The Bertz CT molecular complexity index is 477. The first kappa shape index (κ1) is 15.7. The van der Waals surface area contributed by atoms with Gasteiger partial charge >= 0.3 is 5.97 Å². The lowest BCUT2D eigenvalue weighted by molar-refractivity contribution is -0.120. The van der Waals surface area contributed by atoms with Crippen molar-refractivity contribution in [1.29, 1.82) is 0 Å². The zero-order valence-corrected chi connectivity index (χ0v) is 11.7. The molecule has 0 saturated carbocycles. The van der Waals surface area contributed by atoms with Crippen LogP contribution in [0.25, 0.3) is 0 Å². The zero-order chi connectivity index (χ0) is 15.0. The standard InChI is InChI=1S/C13H20N4O3/c1-3-15-11(18)5-6-16-12-10(13(19)20-4-2)7-9(14)8-17-12/h7-8H,3-6,14H2,1-2H3,(H,15,18)(H,16,17). The topological polar surface area (TPSA) is 106 Å². The minimum absolute atomic E-state index is 0.0619. The number of nitrogen functional groups attached to an aromatic ring is 1. The van der Waals surface area contributed by atoms with Crippen LogP contribution in [0.5, 0.6) is 0 Å². The molecule has 1 aromatic heterocycles. The third kappa shape index (κ3) is 4.75. The fraction of sp³-hybridized carbons (Fsp3) is 0.462. The predicted molar refractivity (Wildman–Crippen MR) is 76.4 cm³/mol. The van der Waals surface area contributed by atoms with E-state index in [1.54, 1.807) is 6.92 Å². The molecular formula is C13H20N4O3. The molecule has 7 nitrogen and oxygen atoms in total. The number of esters is 1. The van der Waals surface area contributed by atoms with Crippen LogP contribution in [0.2, 0.25) is 0 Å². The van der Waals surface area contributed by atoms with Gasteiger partial charge in [0.15, 0.2) is 0 Å². The van der Waals surface area contributed by atoms with E-state index in [-0.39, 0.29) is 18.1 Å². The van der Waals surface area contributed by atoms with Crippen molar-refractivity contribution in [3.8, 4) is 0 Å². The molecule has 1 amide bonds. The maximum Gasteiger partial charge on any atom is 0.341 e. The van der Waals surface area contributed by atoms with Crippen molar-refractivity contribution >= 4 is 23.4 Å².